The third kappa shape index (κ3) is 6.58. The first kappa shape index (κ1) is 17.7. The highest BCUT2D eigenvalue weighted by molar-refractivity contribution is 7.88. The fourth-order valence-electron chi connectivity index (χ4n) is 2.18. The molecule has 1 aliphatic rings. The molecule has 1 saturated carbocycles. The van der Waals surface area contributed by atoms with E-state index in [1.165, 1.54) is 19.9 Å². The number of hydrogen-bond donors (Lipinski definition) is 3. The molecular weight excluding hydrogens is 312 g/mol. The zero-order chi connectivity index (χ0) is 16.7. The van der Waals surface area contributed by atoms with Crippen LogP contribution in [0.5, 0.6) is 0 Å². The van der Waals surface area contributed by atoms with Gasteiger partial charge in [0.25, 0.3) is 0 Å². The van der Waals surface area contributed by atoms with E-state index >= 15 is 0 Å². The number of nitrogens with zero attached hydrogens (tertiary/aromatic N) is 1. The number of benzene rings is 1. The molecule has 128 valence electrons. The third-order valence-corrected chi connectivity index (χ3v) is 5.01. The summed E-state index contributed by atoms with van der Waals surface area (Å²) in [7, 11) is -1.82. The van der Waals surface area contributed by atoms with E-state index in [9.17, 15) is 8.42 Å². The first-order chi connectivity index (χ1) is 11.0. The lowest BCUT2D eigenvalue weighted by Crippen LogP contribution is -2.38. The average Bonchev–Trinajstić information content (AvgIpc) is 3.34. The van der Waals surface area contributed by atoms with Crippen molar-refractivity contribution in [2.45, 2.75) is 32.1 Å². The van der Waals surface area contributed by atoms with E-state index < -0.39 is 10.0 Å². The Balaban J connectivity index is 1.98. The van der Waals surface area contributed by atoms with Crippen LogP contribution in [0.15, 0.2) is 29.3 Å². The summed E-state index contributed by atoms with van der Waals surface area (Å²) in [5, 5.41) is 6.58. The Bertz CT molecular complexity index is 639. The fourth-order valence-corrected chi connectivity index (χ4v) is 2.95. The number of guanidine groups is 1. The highest BCUT2D eigenvalue weighted by atomic mass is 32.2. The third-order valence-electron chi connectivity index (χ3n) is 3.68. The molecule has 1 fully saturated rings. The van der Waals surface area contributed by atoms with Gasteiger partial charge in [-0.2, -0.15) is 0 Å². The van der Waals surface area contributed by atoms with Crippen molar-refractivity contribution in [1.29, 1.82) is 0 Å². The molecule has 0 aromatic heterocycles. The van der Waals surface area contributed by atoms with Crippen LogP contribution in [0, 0.1) is 5.92 Å². The molecule has 0 aliphatic heterocycles. The number of nitrogens with one attached hydrogen (secondary N) is 3. The van der Waals surface area contributed by atoms with E-state index in [-0.39, 0.29) is 5.75 Å². The summed E-state index contributed by atoms with van der Waals surface area (Å²) < 4.78 is 25.6. The summed E-state index contributed by atoms with van der Waals surface area (Å²) in [5.74, 6) is 1.59. The molecule has 0 bridgehead atoms. The van der Waals surface area contributed by atoms with Crippen LogP contribution in [0.3, 0.4) is 0 Å². The molecule has 1 aromatic carbocycles. The summed E-state index contributed by atoms with van der Waals surface area (Å²) in [6, 6.07) is 7.54. The van der Waals surface area contributed by atoms with Crippen LogP contribution in [0.2, 0.25) is 0 Å². The van der Waals surface area contributed by atoms with Crippen molar-refractivity contribution in [1.82, 2.24) is 15.4 Å². The summed E-state index contributed by atoms with van der Waals surface area (Å²) in [6.45, 7) is 4.34. The highest BCUT2D eigenvalue weighted by Gasteiger charge is 2.21. The molecule has 0 radical (unpaired) electrons. The molecule has 0 saturated heterocycles. The van der Waals surface area contributed by atoms with E-state index in [1.807, 2.05) is 31.2 Å². The van der Waals surface area contributed by atoms with Crippen molar-refractivity contribution in [3.63, 3.8) is 0 Å². The molecule has 7 heteroatoms. The summed E-state index contributed by atoms with van der Waals surface area (Å²) >= 11 is 0. The monoisotopic (exact) mass is 338 g/mol. The van der Waals surface area contributed by atoms with Gasteiger partial charge in [0.2, 0.25) is 10.0 Å². The normalized spacial score (nSPS) is 15.5. The summed E-state index contributed by atoms with van der Waals surface area (Å²) in [4.78, 5) is 4.57. The first-order valence-corrected chi connectivity index (χ1v) is 9.69. The lowest BCUT2D eigenvalue weighted by molar-refractivity contribution is 0.587. The molecular formula is C16H26N4O2S. The Kier molecular flexibility index (Phi) is 6.41. The van der Waals surface area contributed by atoms with Crippen molar-refractivity contribution < 1.29 is 8.42 Å². The van der Waals surface area contributed by atoms with Crippen LogP contribution in [0.4, 0.5) is 0 Å². The zero-order valence-corrected chi connectivity index (χ0v) is 14.6. The van der Waals surface area contributed by atoms with Gasteiger partial charge in [-0.1, -0.05) is 24.3 Å². The van der Waals surface area contributed by atoms with Gasteiger partial charge in [0.05, 0.1) is 12.3 Å². The minimum atomic E-state index is -3.25. The predicted molar refractivity (Wildman–Crippen MR) is 93.7 cm³/mol. The van der Waals surface area contributed by atoms with Crippen molar-refractivity contribution in [2.24, 2.45) is 10.9 Å². The Morgan fingerprint density at radius 2 is 2.00 bits per heavy atom. The van der Waals surface area contributed by atoms with Gasteiger partial charge in [-0.3, -0.25) is 0 Å². The topological polar surface area (TPSA) is 82.6 Å². The van der Waals surface area contributed by atoms with E-state index in [0.717, 1.165) is 36.1 Å². The number of sulfonamides is 1. The molecule has 1 aliphatic carbocycles. The number of hydrogen-bond acceptors (Lipinski definition) is 3. The van der Waals surface area contributed by atoms with Crippen molar-refractivity contribution in [3.05, 3.63) is 35.4 Å². The van der Waals surface area contributed by atoms with Gasteiger partial charge < -0.3 is 10.6 Å². The van der Waals surface area contributed by atoms with Crippen LogP contribution in [0.25, 0.3) is 0 Å². The van der Waals surface area contributed by atoms with Gasteiger partial charge in [0.15, 0.2) is 5.96 Å². The van der Waals surface area contributed by atoms with Gasteiger partial charge in [0, 0.05) is 13.1 Å². The molecule has 3 N–H and O–H groups in total. The Morgan fingerprint density at radius 1 is 1.26 bits per heavy atom. The van der Waals surface area contributed by atoms with Crippen LogP contribution >= 0.6 is 0 Å². The van der Waals surface area contributed by atoms with Crippen molar-refractivity contribution >= 4 is 16.0 Å². The van der Waals surface area contributed by atoms with Crippen LogP contribution in [-0.2, 0) is 22.3 Å². The fraction of sp³-hybridized carbons (Fsp3) is 0.562. The Morgan fingerprint density at radius 3 is 2.65 bits per heavy atom. The Labute approximate surface area is 138 Å². The van der Waals surface area contributed by atoms with Gasteiger partial charge in [-0.25, -0.2) is 18.1 Å². The number of aliphatic imine (C=N–C) groups is 1. The van der Waals surface area contributed by atoms with E-state index in [2.05, 4.69) is 20.3 Å². The van der Waals surface area contributed by atoms with Crippen molar-refractivity contribution in [2.75, 3.05) is 20.1 Å². The smallest absolute Gasteiger partial charge is 0.215 e. The van der Waals surface area contributed by atoms with E-state index in [0.29, 0.717) is 6.54 Å². The first-order valence-electron chi connectivity index (χ1n) is 8.03. The SMILES string of the molecule is CCNC(=NCc1cccc(CS(=O)(=O)NC)c1)NCC1CC1. The second-order valence-corrected chi connectivity index (χ2v) is 7.73. The van der Waals surface area contributed by atoms with Gasteiger partial charge in [-0.05, 0) is 43.9 Å². The summed E-state index contributed by atoms with van der Waals surface area (Å²) in [6.07, 6.45) is 2.60. The number of rotatable bonds is 8. The standard InChI is InChI=1S/C16H26N4O2S/c1-3-18-16(19-10-13-7-8-13)20-11-14-5-4-6-15(9-14)12-23(21,22)17-2/h4-6,9,13,17H,3,7-8,10-12H2,1-2H3,(H2,18,19,20). The lowest BCUT2D eigenvalue weighted by atomic mass is 10.1. The van der Waals surface area contributed by atoms with E-state index in [1.54, 1.807) is 0 Å². The molecule has 1 aromatic rings. The molecule has 6 nitrogen and oxygen atoms in total. The average molecular weight is 338 g/mol. The van der Waals surface area contributed by atoms with Gasteiger partial charge in [0.1, 0.15) is 0 Å². The maximum Gasteiger partial charge on any atom is 0.215 e. The van der Waals surface area contributed by atoms with Crippen molar-refractivity contribution in [3.8, 4) is 0 Å². The lowest BCUT2D eigenvalue weighted by Gasteiger charge is -2.11. The predicted octanol–water partition coefficient (Wildman–Crippen LogP) is 1.20. The van der Waals surface area contributed by atoms with Crippen LogP contribution < -0.4 is 15.4 Å². The van der Waals surface area contributed by atoms with E-state index in [4.69, 9.17) is 0 Å². The molecule has 23 heavy (non-hydrogen) atoms. The molecule has 0 amide bonds. The van der Waals surface area contributed by atoms with Gasteiger partial charge in [-0.15, -0.1) is 0 Å². The largest absolute Gasteiger partial charge is 0.357 e. The second kappa shape index (κ2) is 8.31. The van der Waals surface area contributed by atoms with Crippen LogP contribution in [-0.4, -0.2) is 34.5 Å². The highest BCUT2D eigenvalue weighted by Crippen LogP contribution is 2.27. The minimum absolute atomic E-state index is 0.0128. The Hall–Kier alpha value is -1.60. The second-order valence-electron chi connectivity index (χ2n) is 5.80. The maximum absolute atomic E-state index is 11.6. The minimum Gasteiger partial charge on any atom is -0.357 e. The van der Waals surface area contributed by atoms with Crippen LogP contribution in [0.1, 0.15) is 30.9 Å². The molecule has 2 rings (SSSR count). The van der Waals surface area contributed by atoms with Gasteiger partial charge >= 0.3 is 0 Å². The molecule has 0 unspecified atom stereocenters. The summed E-state index contributed by atoms with van der Waals surface area (Å²) in [5.41, 5.74) is 1.76. The maximum atomic E-state index is 11.6. The molecule has 0 spiro atoms. The molecule has 0 heterocycles. The quantitative estimate of drug-likeness (QED) is 0.491. The zero-order valence-electron chi connectivity index (χ0n) is 13.8. The molecule has 0 atom stereocenters.